The molecule has 0 radical (unpaired) electrons. The molecule has 0 aliphatic carbocycles. The second-order valence-electron chi connectivity index (χ2n) is 3.38. The number of rotatable bonds is 1. The number of nitrogen functional groups attached to an aromatic ring is 1. The van der Waals surface area contributed by atoms with Gasteiger partial charge in [-0.3, -0.25) is 0 Å². The van der Waals surface area contributed by atoms with Gasteiger partial charge in [-0.1, -0.05) is 11.6 Å². The van der Waals surface area contributed by atoms with Crippen LogP contribution < -0.4 is 5.73 Å². The molecular formula is C10H12ClNO2. The minimum atomic E-state index is -0.744. The first-order valence-corrected chi connectivity index (χ1v) is 4.83. The average molecular weight is 214 g/mol. The molecule has 0 amide bonds. The highest BCUT2D eigenvalue weighted by atomic mass is 35.5. The van der Waals surface area contributed by atoms with Crippen LogP contribution in [0.2, 0.25) is 5.02 Å². The van der Waals surface area contributed by atoms with Gasteiger partial charge in [0.1, 0.15) is 0 Å². The van der Waals surface area contributed by atoms with E-state index in [1.807, 2.05) is 6.92 Å². The van der Waals surface area contributed by atoms with Crippen LogP contribution in [0.15, 0.2) is 18.2 Å². The number of halogens is 1. The Hall–Kier alpha value is -0.770. The van der Waals surface area contributed by atoms with Crippen molar-refractivity contribution in [1.29, 1.82) is 0 Å². The second kappa shape index (κ2) is 3.42. The largest absolute Gasteiger partial charge is 0.399 e. The van der Waals surface area contributed by atoms with Crippen LogP contribution >= 0.6 is 11.6 Å². The lowest BCUT2D eigenvalue weighted by Crippen LogP contribution is -2.23. The quantitative estimate of drug-likeness (QED) is 0.727. The molecule has 1 fully saturated rings. The third-order valence-corrected chi connectivity index (χ3v) is 2.65. The lowest BCUT2D eigenvalue weighted by Gasteiger charge is -2.24. The average Bonchev–Trinajstić information content (AvgIpc) is 2.58. The molecule has 1 aliphatic rings. The Morgan fingerprint density at radius 2 is 2.00 bits per heavy atom. The van der Waals surface area contributed by atoms with Crippen LogP contribution in [0.5, 0.6) is 0 Å². The van der Waals surface area contributed by atoms with Crippen molar-refractivity contribution in [3.8, 4) is 0 Å². The third kappa shape index (κ3) is 1.59. The van der Waals surface area contributed by atoms with Gasteiger partial charge in [0.05, 0.1) is 13.2 Å². The van der Waals surface area contributed by atoms with Gasteiger partial charge in [-0.25, -0.2) is 0 Å². The Morgan fingerprint density at radius 3 is 2.64 bits per heavy atom. The van der Waals surface area contributed by atoms with Crippen LogP contribution in [0, 0.1) is 0 Å². The van der Waals surface area contributed by atoms with Crippen LogP contribution in [0.3, 0.4) is 0 Å². The molecule has 1 heterocycles. The molecule has 14 heavy (non-hydrogen) atoms. The van der Waals surface area contributed by atoms with Gasteiger partial charge >= 0.3 is 0 Å². The molecule has 2 rings (SSSR count). The summed E-state index contributed by atoms with van der Waals surface area (Å²) in [5.41, 5.74) is 7.13. The molecule has 1 aliphatic heterocycles. The van der Waals surface area contributed by atoms with Crippen molar-refractivity contribution in [3.63, 3.8) is 0 Å². The maximum absolute atomic E-state index is 6.05. The van der Waals surface area contributed by atoms with Gasteiger partial charge in [-0.2, -0.15) is 0 Å². The van der Waals surface area contributed by atoms with Gasteiger partial charge < -0.3 is 15.2 Å². The van der Waals surface area contributed by atoms with Gasteiger partial charge in [0.15, 0.2) is 5.79 Å². The summed E-state index contributed by atoms with van der Waals surface area (Å²) in [5.74, 6) is -0.744. The van der Waals surface area contributed by atoms with Crippen LogP contribution in [-0.4, -0.2) is 13.2 Å². The summed E-state index contributed by atoms with van der Waals surface area (Å²) in [4.78, 5) is 0. The van der Waals surface area contributed by atoms with Crippen LogP contribution in [0.25, 0.3) is 0 Å². The maximum Gasteiger partial charge on any atom is 0.193 e. The summed E-state index contributed by atoms with van der Waals surface area (Å²) < 4.78 is 11.0. The Kier molecular flexibility index (Phi) is 2.39. The zero-order chi connectivity index (χ0) is 10.2. The lowest BCUT2D eigenvalue weighted by atomic mass is 10.1. The van der Waals surface area contributed by atoms with E-state index in [4.69, 9.17) is 26.8 Å². The van der Waals surface area contributed by atoms with E-state index >= 15 is 0 Å². The molecule has 1 saturated heterocycles. The molecule has 1 aromatic carbocycles. The molecule has 2 N–H and O–H groups in total. The molecule has 0 unspecified atom stereocenters. The van der Waals surface area contributed by atoms with E-state index in [2.05, 4.69) is 0 Å². The third-order valence-electron chi connectivity index (χ3n) is 2.32. The highest BCUT2D eigenvalue weighted by Gasteiger charge is 2.35. The Balaban J connectivity index is 2.44. The predicted octanol–water partition coefficient (Wildman–Crippen LogP) is 2.14. The Morgan fingerprint density at radius 1 is 1.36 bits per heavy atom. The van der Waals surface area contributed by atoms with E-state index in [0.717, 1.165) is 5.56 Å². The first-order valence-electron chi connectivity index (χ1n) is 4.45. The van der Waals surface area contributed by atoms with Crippen molar-refractivity contribution < 1.29 is 9.47 Å². The molecule has 0 spiro atoms. The number of hydrogen-bond donors (Lipinski definition) is 1. The first kappa shape index (κ1) is 9.77. The van der Waals surface area contributed by atoms with Gasteiger partial charge in [0.25, 0.3) is 0 Å². The predicted molar refractivity (Wildman–Crippen MR) is 55.1 cm³/mol. The minimum absolute atomic E-state index is 0.585. The van der Waals surface area contributed by atoms with Crippen LogP contribution in [0.4, 0.5) is 5.69 Å². The highest BCUT2D eigenvalue weighted by Crippen LogP contribution is 2.36. The number of hydrogen-bond acceptors (Lipinski definition) is 3. The van der Waals surface area contributed by atoms with E-state index in [-0.39, 0.29) is 0 Å². The molecule has 0 bridgehead atoms. The van der Waals surface area contributed by atoms with Gasteiger partial charge in [-0.05, 0) is 25.1 Å². The minimum Gasteiger partial charge on any atom is -0.399 e. The SMILES string of the molecule is CC1(c2cc(N)ccc2Cl)OCCO1. The lowest BCUT2D eigenvalue weighted by molar-refractivity contribution is -0.149. The summed E-state index contributed by atoms with van der Waals surface area (Å²) in [6.45, 7) is 3.02. The first-order chi connectivity index (χ1) is 6.62. The number of ether oxygens (including phenoxy) is 2. The van der Waals surface area contributed by atoms with Crippen LogP contribution in [0.1, 0.15) is 12.5 Å². The van der Waals surface area contributed by atoms with Crippen molar-refractivity contribution in [3.05, 3.63) is 28.8 Å². The fraction of sp³-hybridized carbons (Fsp3) is 0.400. The van der Waals surface area contributed by atoms with E-state index < -0.39 is 5.79 Å². The molecule has 0 atom stereocenters. The number of benzene rings is 1. The smallest absolute Gasteiger partial charge is 0.193 e. The molecular weight excluding hydrogens is 202 g/mol. The highest BCUT2D eigenvalue weighted by molar-refractivity contribution is 6.31. The normalized spacial score (nSPS) is 19.9. The summed E-state index contributed by atoms with van der Waals surface area (Å²) in [5, 5.41) is 0.614. The van der Waals surface area contributed by atoms with Crippen molar-refractivity contribution >= 4 is 17.3 Å². The molecule has 1 aromatic rings. The van der Waals surface area contributed by atoms with Gasteiger partial charge in [0.2, 0.25) is 0 Å². The Bertz CT molecular complexity index is 348. The second-order valence-corrected chi connectivity index (χ2v) is 3.79. The Labute approximate surface area is 87.8 Å². The molecule has 76 valence electrons. The van der Waals surface area contributed by atoms with Crippen molar-refractivity contribution in [2.45, 2.75) is 12.7 Å². The summed E-state index contributed by atoms with van der Waals surface area (Å²) in [7, 11) is 0. The summed E-state index contributed by atoms with van der Waals surface area (Å²) in [6, 6.07) is 5.29. The molecule has 0 saturated carbocycles. The zero-order valence-electron chi connectivity index (χ0n) is 7.92. The van der Waals surface area contributed by atoms with E-state index in [9.17, 15) is 0 Å². The summed E-state index contributed by atoms with van der Waals surface area (Å²) in [6.07, 6.45) is 0. The fourth-order valence-corrected chi connectivity index (χ4v) is 1.85. The maximum atomic E-state index is 6.05. The van der Waals surface area contributed by atoms with E-state index in [1.54, 1.807) is 18.2 Å². The van der Waals surface area contributed by atoms with Crippen molar-refractivity contribution in [1.82, 2.24) is 0 Å². The number of nitrogens with two attached hydrogens (primary N) is 1. The van der Waals surface area contributed by atoms with Crippen LogP contribution in [-0.2, 0) is 15.3 Å². The summed E-state index contributed by atoms with van der Waals surface area (Å²) >= 11 is 6.05. The van der Waals surface area contributed by atoms with E-state index in [0.29, 0.717) is 23.9 Å². The topological polar surface area (TPSA) is 44.5 Å². The number of anilines is 1. The van der Waals surface area contributed by atoms with Crippen molar-refractivity contribution in [2.75, 3.05) is 18.9 Å². The van der Waals surface area contributed by atoms with E-state index in [1.165, 1.54) is 0 Å². The molecule has 3 nitrogen and oxygen atoms in total. The van der Waals surface area contributed by atoms with Gasteiger partial charge in [-0.15, -0.1) is 0 Å². The van der Waals surface area contributed by atoms with Gasteiger partial charge in [0, 0.05) is 16.3 Å². The standard InChI is InChI=1S/C10H12ClNO2/c1-10(13-4-5-14-10)8-6-7(12)2-3-9(8)11/h2-3,6H,4-5,12H2,1H3. The zero-order valence-corrected chi connectivity index (χ0v) is 8.67. The fourth-order valence-electron chi connectivity index (χ4n) is 1.56. The molecule has 4 heteroatoms. The monoisotopic (exact) mass is 213 g/mol. The molecule has 0 aromatic heterocycles. The van der Waals surface area contributed by atoms with Crippen molar-refractivity contribution in [2.24, 2.45) is 0 Å².